The highest BCUT2D eigenvalue weighted by Gasteiger charge is 2.23. The summed E-state index contributed by atoms with van der Waals surface area (Å²) >= 11 is 11.9. The van der Waals surface area contributed by atoms with E-state index in [1.54, 1.807) is 18.2 Å². The fraction of sp³-hybridized carbons (Fsp3) is 0.385. The van der Waals surface area contributed by atoms with E-state index in [4.69, 9.17) is 23.2 Å². The minimum absolute atomic E-state index is 0.0165. The number of benzene rings is 1. The molecule has 1 fully saturated rings. The molecule has 1 aliphatic carbocycles. The SMILES string of the molecule is O=C(Cc1c(Cl)cccc1Cl)NCC(=O)NC1CC1. The summed E-state index contributed by atoms with van der Waals surface area (Å²) < 4.78 is 0. The van der Waals surface area contributed by atoms with Crippen LogP contribution in [0.1, 0.15) is 18.4 Å². The molecule has 0 unspecified atom stereocenters. The molecule has 2 amide bonds. The highest BCUT2D eigenvalue weighted by atomic mass is 35.5. The molecule has 1 saturated carbocycles. The molecule has 2 N–H and O–H groups in total. The number of rotatable bonds is 5. The van der Waals surface area contributed by atoms with Crippen LogP contribution < -0.4 is 10.6 Å². The van der Waals surface area contributed by atoms with Gasteiger partial charge in [-0.2, -0.15) is 0 Å². The molecular weight excluding hydrogens is 287 g/mol. The lowest BCUT2D eigenvalue weighted by Crippen LogP contribution is -2.38. The van der Waals surface area contributed by atoms with Crippen LogP contribution in [-0.2, 0) is 16.0 Å². The van der Waals surface area contributed by atoms with Crippen molar-refractivity contribution in [3.63, 3.8) is 0 Å². The van der Waals surface area contributed by atoms with E-state index in [-0.39, 0.29) is 24.8 Å². The van der Waals surface area contributed by atoms with Gasteiger partial charge in [0.05, 0.1) is 13.0 Å². The Morgan fingerprint density at radius 1 is 1.16 bits per heavy atom. The zero-order valence-corrected chi connectivity index (χ0v) is 11.7. The third kappa shape index (κ3) is 4.40. The van der Waals surface area contributed by atoms with E-state index in [0.717, 1.165) is 12.8 Å². The Kier molecular flexibility index (Phi) is 4.66. The first-order chi connectivity index (χ1) is 9.06. The summed E-state index contributed by atoms with van der Waals surface area (Å²) in [4.78, 5) is 23.1. The van der Waals surface area contributed by atoms with Gasteiger partial charge in [-0.25, -0.2) is 0 Å². The van der Waals surface area contributed by atoms with Crippen LogP contribution in [0.25, 0.3) is 0 Å². The zero-order valence-electron chi connectivity index (χ0n) is 10.2. The van der Waals surface area contributed by atoms with Gasteiger partial charge >= 0.3 is 0 Å². The maximum absolute atomic E-state index is 11.7. The van der Waals surface area contributed by atoms with Crippen LogP contribution >= 0.6 is 23.2 Å². The van der Waals surface area contributed by atoms with Crippen LogP contribution in [0.2, 0.25) is 10.0 Å². The van der Waals surface area contributed by atoms with Gasteiger partial charge in [-0.05, 0) is 30.5 Å². The maximum Gasteiger partial charge on any atom is 0.239 e. The lowest BCUT2D eigenvalue weighted by Gasteiger charge is -2.08. The number of hydrogen-bond acceptors (Lipinski definition) is 2. The van der Waals surface area contributed by atoms with E-state index in [9.17, 15) is 9.59 Å². The highest BCUT2D eigenvalue weighted by Crippen LogP contribution is 2.24. The fourth-order valence-corrected chi connectivity index (χ4v) is 2.14. The Morgan fingerprint density at radius 2 is 1.79 bits per heavy atom. The van der Waals surface area contributed by atoms with Crippen molar-refractivity contribution < 1.29 is 9.59 Å². The van der Waals surface area contributed by atoms with Crippen LogP contribution in [0.3, 0.4) is 0 Å². The Hall–Kier alpha value is -1.26. The second-order valence-corrected chi connectivity index (χ2v) is 5.31. The van der Waals surface area contributed by atoms with Crippen molar-refractivity contribution in [2.24, 2.45) is 0 Å². The van der Waals surface area contributed by atoms with Crippen molar-refractivity contribution in [2.45, 2.75) is 25.3 Å². The summed E-state index contributed by atoms with van der Waals surface area (Å²) in [7, 11) is 0. The van der Waals surface area contributed by atoms with Gasteiger partial charge in [-0.3, -0.25) is 9.59 Å². The van der Waals surface area contributed by atoms with Crippen molar-refractivity contribution in [2.75, 3.05) is 6.54 Å². The first-order valence-electron chi connectivity index (χ1n) is 6.05. The molecule has 2 rings (SSSR count). The van der Waals surface area contributed by atoms with Gasteiger partial charge in [0.15, 0.2) is 0 Å². The molecule has 0 aliphatic heterocycles. The molecule has 0 atom stereocenters. The van der Waals surface area contributed by atoms with Gasteiger partial charge in [0, 0.05) is 16.1 Å². The van der Waals surface area contributed by atoms with E-state index >= 15 is 0 Å². The van der Waals surface area contributed by atoms with Gasteiger partial charge < -0.3 is 10.6 Å². The fourth-order valence-electron chi connectivity index (χ4n) is 1.61. The zero-order chi connectivity index (χ0) is 13.8. The van der Waals surface area contributed by atoms with E-state index < -0.39 is 0 Å². The van der Waals surface area contributed by atoms with Crippen LogP contribution in [0.15, 0.2) is 18.2 Å². The Labute approximate surface area is 121 Å². The van der Waals surface area contributed by atoms with Gasteiger partial charge in [0.2, 0.25) is 11.8 Å². The topological polar surface area (TPSA) is 58.2 Å². The predicted octanol–water partition coefficient (Wildman–Crippen LogP) is 1.93. The summed E-state index contributed by atoms with van der Waals surface area (Å²) in [5.41, 5.74) is 0.575. The molecule has 1 aromatic rings. The number of hydrogen-bond donors (Lipinski definition) is 2. The van der Waals surface area contributed by atoms with Crippen molar-refractivity contribution in [3.8, 4) is 0 Å². The molecule has 0 radical (unpaired) electrons. The van der Waals surface area contributed by atoms with Crippen molar-refractivity contribution in [1.29, 1.82) is 0 Å². The Morgan fingerprint density at radius 3 is 2.37 bits per heavy atom. The Balaban J connectivity index is 1.81. The number of amides is 2. The normalized spacial score (nSPS) is 14.0. The number of nitrogens with one attached hydrogen (secondary N) is 2. The van der Waals surface area contributed by atoms with Crippen LogP contribution in [0.5, 0.6) is 0 Å². The van der Waals surface area contributed by atoms with Gasteiger partial charge in [0.1, 0.15) is 0 Å². The molecule has 0 aromatic heterocycles. The molecule has 0 bridgehead atoms. The van der Waals surface area contributed by atoms with E-state index in [1.165, 1.54) is 0 Å². The Bertz CT molecular complexity index is 481. The van der Waals surface area contributed by atoms with Crippen molar-refractivity contribution >= 4 is 35.0 Å². The van der Waals surface area contributed by atoms with Gasteiger partial charge in [-0.15, -0.1) is 0 Å². The second-order valence-electron chi connectivity index (χ2n) is 4.50. The first kappa shape index (κ1) is 14.2. The maximum atomic E-state index is 11.7. The average molecular weight is 301 g/mol. The van der Waals surface area contributed by atoms with Crippen LogP contribution in [0, 0.1) is 0 Å². The summed E-state index contributed by atoms with van der Waals surface area (Å²) in [6, 6.07) is 5.36. The highest BCUT2D eigenvalue weighted by molar-refractivity contribution is 6.36. The minimum Gasteiger partial charge on any atom is -0.352 e. The molecule has 0 heterocycles. The molecule has 6 heteroatoms. The summed E-state index contributed by atoms with van der Waals surface area (Å²) in [5, 5.41) is 6.24. The average Bonchev–Trinajstić information content (AvgIpc) is 3.15. The number of halogens is 2. The standard InChI is InChI=1S/C13H14Cl2N2O2/c14-10-2-1-3-11(15)9(10)6-12(18)16-7-13(19)17-8-4-5-8/h1-3,8H,4-7H2,(H,16,18)(H,17,19). The molecule has 1 aromatic carbocycles. The minimum atomic E-state index is -0.277. The van der Waals surface area contributed by atoms with Gasteiger partial charge in [-0.1, -0.05) is 29.3 Å². The van der Waals surface area contributed by atoms with Crippen molar-refractivity contribution in [1.82, 2.24) is 10.6 Å². The first-order valence-corrected chi connectivity index (χ1v) is 6.81. The monoisotopic (exact) mass is 300 g/mol. The van der Waals surface area contributed by atoms with E-state index in [0.29, 0.717) is 21.7 Å². The molecule has 102 valence electrons. The quantitative estimate of drug-likeness (QED) is 0.873. The number of carbonyl (C=O) groups excluding carboxylic acids is 2. The number of carbonyl (C=O) groups is 2. The largest absolute Gasteiger partial charge is 0.352 e. The molecular formula is C13H14Cl2N2O2. The molecule has 0 saturated heterocycles. The van der Waals surface area contributed by atoms with Crippen LogP contribution in [0.4, 0.5) is 0 Å². The molecule has 19 heavy (non-hydrogen) atoms. The predicted molar refractivity (Wildman–Crippen MR) is 74.3 cm³/mol. The smallest absolute Gasteiger partial charge is 0.239 e. The summed E-state index contributed by atoms with van der Waals surface area (Å²) in [6.45, 7) is -0.0165. The lowest BCUT2D eigenvalue weighted by molar-refractivity contribution is -0.125. The summed E-state index contributed by atoms with van der Waals surface area (Å²) in [5.74, 6) is -0.443. The second kappa shape index (κ2) is 6.26. The molecule has 0 spiro atoms. The van der Waals surface area contributed by atoms with E-state index in [1.807, 2.05) is 0 Å². The lowest BCUT2D eigenvalue weighted by atomic mass is 10.1. The summed E-state index contributed by atoms with van der Waals surface area (Å²) in [6.07, 6.45) is 2.11. The third-order valence-electron chi connectivity index (χ3n) is 2.79. The van der Waals surface area contributed by atoms with Crippen molar-refractivity contribution in [3.05, 3.63) is 33.8 Å². The molecule has 1 aliphatic rings. The third-order valence-corrected chi connectivity index (χ3v) is 3.50. The van der Waals surface area contributed by atoms with E-state index in [2.05, 4.69) is 10.6 Å². The molecule has 4 nitrogen and oxygen atoms in total. The van der Waals surface area contributed by atoms with Gasteiger partial charge in [0.25, 0.3) is 0 Å². The van der Waals surface area contributed by atoms with Crippen LogP contribution in [-0.4, -0.2) is 24.4 Å².